The summed E-state index contributed by atoms with van der Waals surface area (Å²) in [7, 11) is 0. The Hall–Kier alpha value is -2.91. The molecular formula is C19H13BrFN5O2. The summed E-state index contributed by atoms with van der Waals surface area (Å²) in [5.41, 5.74) is 2.98. The van der Waals surface area contributed by atoms with E-state index in [0.29, 0.717) is 18.1 Å². The van der Waals surface area contributed by atoms with Crippen LogP contribution in [0.4, 0.5) is 4.39 Å². The fourth-order valence-electron chi connectivity index (χ4n) is 3.13. The molecule has 0 N–H and O–H groups in total. The van der Waals surface area contributed by atoms with Crippen LogP contribution in [0, 0.1) is 5.82 Å². The van der Waals surface area contributed by atoms with Crippen molar-refractivity contribution in [2.24, 2.45) is 0 Å². The van der Waals surface area contributed by atoms with E-state index in [0.717, 1.165) is 21.3 Å². The van der Waals surface area contributed by atoms with Crippen molar-refractivity contribution in [2.45, 2.75) is 19.3 Å². The number of nitrogens with zero attached hydrogens (tertiary/aromatic N) is 5. The molecule has 0 saturated carbocycles. The second-order valence-corrected chi connectivity index (χ2v) is 7.18. The first-order chi connectivity index (χ1) is 13.7. The van der Waals surface area contributed by atoms with Gasteiger partial charge < -0.3 is 9.26 Å². The average Bonchev–Trinajstić information content (AvgIpc) is 3.35. The quantitative estimate of drug-likeness (QED) is 0.474. The normalized spacial score (nSPS) is 16.1. The molecular weight excluding hydrogens is 429 g/mol. The third-order valence-electron chi connectivity index (χ3n) is 4.58. The molecule has 0 bridgehead atoms. The van der Waals surface area contributed by atoms with Gasteiger partial charge in [-0.15, -0.1) is 5.10 Å². The summed E-state index contributed by atoms with van der Waals surface area (Å²) < 4.78 is 27.1. The summed E-state index contributed by atoms with van der Waals surface area (Å²) in [6, 6.07) is 13.9. The van der Waals surface area contributed by atoms with Gasteiger partial charge in [0, 0.05) is 10.0 Å². The van der Waals surface area contributed by atoms with Crippen molar-refractivity contribution in [1.29, 1.82) is 0 Å². The van der Waals surface area contributed by atoms with Crippen LogP contribution < -0.4 is 0 Å². The smallest absolute Gasteiger partial charge is 0.280 e. The van der Waals surface area contributed by atoms with Gasteiger partial charge in [0.2, 0.25) is 5.82 Å². The van der Waals surface area contributed by atoms with Gasteiger partial charge in [0.25, 0.3) is 5.89 Å². The molecule has 0 radical (unpaired) electrons. The van der Waals surface area contributed by atoms with Crippen LogP contribution in [0.2, 0.25) is 0 Å². The van der Waals surface area contributed by atoms with Gasteiger partial charge in [-0.1, -0.05) is 50.6 Å². The van der Waals surface area contributed by atoms with Crippen LogP contribution in [0.25, 0.3) is 23.0 Å². The molecule has 0 spiro atoms. The molecule has 7 nitrogen and oxygen atoms in total. The monoisotopic (exact) mass is 441 g/mol. The maximum Gasteiger partial charge on any atom is 0.280 e. The van der Waals surface area contributed by atoms with E-state index in [9.17, 15) is 4.39 Å². The Morgan fingerprint density at radius 3 is 2.75 bits per heavy atom. The van der Waals surface area contributed by atoms with Crippen molar-refractivity contribution >= 4 is 15.9 Å². The summed E-state index contributed by atoms with van der Waals surface area (Å²) in [5, 5.41) is 12.5. The minimum atomic E-state index is -0.277. The highest BCUT2D eigenvalue weighted by molar-refractivity contribution is 9.10. The van der Waals surface area contributed by atoms with Crippen molar-refractivity contribution in [2.75, 3.05) is 0 Å². The summed E-state index contributed by atoms with van der Waals surface area (Å²) in [5.74, 6) is 0.474. The Labute approximate surface area is 167 Å². The molecule has 0 unspecified atom stereocenters. The van der Waals surface area contributed by atoms with Crippen molar-refractivity contribution < 1.29 is 13.7 Å². The van der Waals surface area contributed by atoms with E-state index in [1.165, 1.54) is 12.1 Å². The van der Waals surface area contributed by atoms with Crippen LogP contribution >= 0.6 is 15.9 Å². The van der Waals surface area contributed by atoms with E-state index in [4.69, 9.17) is 9.26 Å². The lowest BCUT2D eigenvalue weighted by Crippen LogP contribution is -2.22. The van der Waals surface area contributed by atoms with Gasteiger partial charge in [0.15, 0.2) is 5.69 Å². The highest BCUT2D eigenvalue weighted by Gasteiger charge is 2.28. The SMILES string of the molecule is Fc1ccc([C@@H]2Cn3nnc(-c4nc(-c5ccccc5Br)no4)c3CO2)cc1. The number of aromatic nitrogens is 5. The number of hydrogen-bond donors (Lipinski definition) is 0. The van der Waals surface area contributed by atoms with E-state index in [1.807, 2.05) is 24.3 Å². The van der Waals surface area contributed by atoms with E-state index in [-0.39, 0.29) is 24.4 Å². The lowest BCUT2D eigenvalue weighted by Gasteiger charge is -2.24. The molecule has 5 rings (SSSR count). The minimum Gasteiger partial charge on any atom is -0.365 e. The predicted octanol–water partition coefficient (Wildman–Crippen LogP) is 4.17. The summed E-state index contributed by atoms with van der Waals surface area (Å²) in [4.78, 5) is 4.46. The Balaban J connectivity index is 1.43. The maximum atomic E-state index is 13.1. The van der Waals surface area contributed by atoms with Crippen LogP contribution in [0.1, 0.15) is 17.4 Å². The first-order valence-corrected chi connectivity index (χ1v) is 9.37. The standard InChI is InChI=1S/C19H13BrFN5O2/c20-14-4-2-1-3-13(14)18-22-19(28-24-18)17-15-10-27-16(9-26(15)25-23-17)11-5-7-12(21)8-6-11/h1-8,16H,9-10H2/t16-/m0/s1. The lowest BCUT2D eigenvalue weighted by atomic mass is 10.1. The third-order valence-corrected chi connectivity index (χ3v) is 5.27. The summed E-state index contributed by atoms with van der Waals surface area (Å²) >= 11 is 3.49. The molecule has 28 heavy (non-hydrogen) atoms. The first-order valence-electron chi connectivity index (χ1n) is 8.57. The van der Waals surface area contributed by atoms with E-state index < -0.39 is 0 Å². The largest absolute Gasteiger partial charge is 0.365 e. The van der Waals surface area contributed by atoms with Gasteiger partial charge in [-0.05, 0) is 29.8 Å². The molecule has 0 amide bonds. The first kappa shape index (κ1) is 17.2. The molecule has 0 saturated heterocycles. The van der Waals surface area contributed by atoms with Crippen molar-refractivity contribution in [3.63, 3.8) is 0 Å². The number of hydrogen-bond acceptors (Lipinski definition) is 6. The second kappa shape index (κ2) is 6.92. The maximum absolute atomic E-state index is 13.1. The minimum absolute atomic E-state index is 0.221. The molecule has 0 fully saturated rings. The zero-order chi connectivity index (χ0) is 19.1. The third kappa shape index (κ3) is 3.02. The number of rotatable bonds is 3. The fourth-order valence-corrected chi connectivity index (χ4v) is 3.59. The summed E-state index contributed by atoms with van der Waals surface area (Å²) in [6.45, 7) is 0.760. The van der Waals surface area contributed by atoms with E-state index >= 15 is 0 Å². The van der Waals surface area contributed by atoms with Crippen LogP contribution in [-0.2, 0) is 17.9 Å². The summed E-state index contributed by atoms with van der Waals surface area (Å²) in [6.07, 6.45) is -0.221. The number of ether oxygens (including phenoxy) is 1. The number of halogens is 2. The molecule has 0 aliphatic carbocycles. The van der Waals surface area contributed by atoms with Gasteiger partial charge >= 0.3 is 0 Å². The molecule has 3 heterocycles. The predicted molar refractivity (Wildman–Crippen MR) is 100 cm³/mol. The Morgan fingerprint density at radius 1 is 1.11 bits per heavy atom. The van der Waals surface area contributed by atoms with Crippen LogP contribution in [0.3, 0.4) is 0 Å². The molecule has 2 aromatic heterocycles. The molecule has 4 aromatic rings. The zero-order valence-electron chi connectivity index (χ0n) is 14.4. The number of fused-ring (bicyclic) bond motifs is 1. The molecule has 140 valence electrons. The Morgan fingerprint density at radius 2 is 1.93 bits per heavy atom. The van der Waals surface area contributed by atoms with Gasteiger partial charge in [0.05, 0.1) is 18.8 Å². The van der Waals surface area contributed by atoms with Crippen LogP contribution in [0.15, 0.2) is 57.5 Å². The van der Waals surface area contributed by atoms with Gasteiger partial charge in [-0.2, -0.15) is 4.98 Å². The highest BCUT2D eigenvalue weighted by Crippen LogP contribution is 2.32. The van der Waals surface area contributed by atoms with Gasteiger partial charge in [-0.25, -0.2) is 9.07 Å². The molecule has 9 heteroatoms. The zero-order valence-corrected chi connectivity index (χ0v) is 16.0. The van der Waals surface area contributed by atoms with Gasteiger partial charge in [0.1, 0.15) is 11.9 Å². The Bertz CT molecular complexity index is 1140. The van der Waals surface area contributed by atoms with Crippen molar-refractivity contribution in [3.05, 3.63) is 70.1 Å². The van der Waals surface area contributed by atoms with E-state index in [2.05, 4.69) is 36.4 Å². The van der Waals surface area contributed by atoms with Gasteiger partial charge in [-0.3, -0.25) is 0 Å². The average molecular weight is 442 g/mol. The van der Waals surface area contributed by atoms with Crippen LogP contribution in [-0.4, -0.2) is 25.1 Å². The fraction of sp³-hybridized carbons (Fsp3) is 0.158. The number of benzene rings is 2. The topological polar surface area (TPSA) is 78.9 Å². The lowest BCUT2D eigenvalue weighted by molar-refractivity contribution is -0.00120. The highest BCUT2D eigenvalue weighted by atomic mass is 79.9. The van der Waals surface area contributed by atoms with Crippen molar-refractivity contribution in [3.8, 4) is 23.0 Å². The van der Waals surface area contributed by atoms with E-state index in [1.54, 1.807) is 16.8 Å². The molecule has 1 aliphatic heterocycles. The van der Waals surface area contributed by atoms with Crippen molar-refractivity contribution in [1.82, 2.24) is 25.1 Å². The Kier molecular flexibility index (Phi) is 4.25. The van der Waals surface area contributed by atoms with Crippen LogP contribution in [0.5, 0.6) is 0 Å². The molecule has 1 atom stereocenters. The molecule has 2 aromatic carbocycles. The second-order valence-electron chi connectivity index (χ2n) is 6.32. The molecule has 1 aliphatic rings.